The van der Waals surface area contributed by atoms with Gasteiger partial charge in [0.1, 0.15) is 5.75 Å². The molecule has 0 heterocycles. The Hall–Kier alpha value is -2.82. The molecule has 126 valence electrons. The van der Waals surface area contributed by atoms with E-state index in [1.165, 1.54) is 0 Å². The van der Waals surface area contributed by atoms with Crippen molar-refractivity contribution in [2.45, 2.75) is 32.6 Å². The van der Waals surface area contributed by atoms with Crippen LogP contribution < -0.4 is 10.1 Å². The van der Waals surface area contributed by atoms with Crippen LogP contribution in [0.15, 0.2) is 48.5 Å². The number of hydrogen-bond donors (Lipinski definition) is 2. The van der Waals surface area contributed by atoms with Crippen LogP contribution in [0.2, 0.25) is 0 Å². The van der Waals surface area contributed by atoms with Gasteiger partial charge in [0.2, 0.25) is 5.91 Å². The first-order valence-corrected chi connectivity index (χ1v) is 7.90. The van der Waals surface area contributed by atoms with Crippen LogP contribution in [0.5, 0.6) is 11.5 Å². The lowest BCUT2D eigenvalue weighted by molar-refractivity contribution is -0.137. The van der Waals surface area contributed by atoms with E-state index in [1.54, 1.807) is 0 Å². The SMILES string of the molecule is Cc1ccc(Oc2ccccc2)c(NC(=O)CCCCC(=O)O)c1. The van der Waals surface area contributed by atoms with Gasteiger partial charge in [-0.05, 0) is 49.6 Å². The fraction of sp³-hybridized carbons (Fsp3) is 0.263. The van der Waals surface area contributed by atoms with Gasteiger partial charge in [0.15, 0.2) is 5.75 Å². The van der Waals surface area contributed by atoms with Crippen LogP contribution in [-0.4, -0.2) is 17.0 Å². The van der Waals surface area contributed by atoms with E-state index in [4.69, 9.17) is 9.84 Å². The molecule has 0 saturated heterocycles. The van der Waals surface area contributed by atoms with Gasteiger partial charge in [0, 0.05) is 12.8 Å². The van der Waals surface area contributed by atoms with Crippen molar-refractivity contribution < 1.29 is 19.4 Å². The molecule has 2 N–H and O–H groups in total. The molecule has 2 aromatic rings. The number of aliphatic carboxylic acids is 1. The third kappa shape index (κ3) is 5.76. The summed E-state index contributed by atoms with van der Waals surface area (Å²) in [6.45, 7) is 1.94. The number of benzene rings is 2. The Bertz CT molecular complexity index is 698. The molecular formula is C19H21NO4. The Labute approximate surface area is 141 Å². The van der Waals surface area contributed by atoms with Crippen molar-refractivity contribution in [2.24, 2.45) is 0 Å². The first-order valence-electron chi connectivity index (χ1n) is 7.90. The third-order valence-electron chi connectivity index (χ3n) is 3.42. The lowest BCUT2D eigenvalue weighted by Crippen LogP contribution is -2.12. The Kier molecular flexibility index (Phi) is 6.37. The van der Waals surface area contributed by atoms with Crippen LogP contribution >= 0.6 is 0 Å². The molecule has 0 aliphatic heterocycles. The highest BCUT2D eigenvalue weighted by Gasteiger charge is 2.10. The summed E-state index contributed by atoms with van der Waals surface area (Å²) in [7, 11) is 0. The van der Waals surface area contributed by atoms with E-state index in [-0.39, 0.29) is 18.7 Å². The molecule has 0 spiro atoms. The number of hydrogen-bond acceptors (Lipinski definition) is 3. The minimum atomic E-state index is -0.840. The summed E-state index contributed by atoms with van der Waals surface area (Å²) < 4.78 is 5.83. The number of carbonyl (C=O) groups excluding carboxylic acids is 1. The molecule has 0 atom stereocenters. The van der Waals surface area contributed by atoms with Crippen LogP contribution in [0.4, 0.5) is 5.69 Å². The Balaban J connectivity index is 1.99. The largest absolute Gasteiger partial charge is 0.481 e. The van der Waals surface area contributed by atoms with E-state index < -0.39 is 5.97 Å². The lowest BCUT2D eigenvalue weighted by atomic mass is 10.1. The summed E-state index contributed by atoms with van der Waals surface area (Å²) in [6, 6.07) is 14.9. The number of aryl methyl sites for hydroxylation is 1. The van der Waals surface area contributed by atoms with E-state index in [1.807, 2.05) is 55.5 Å². The first-order chi connectivity index (χ1) is 11.5. The number of anilines is 1. The number of unbranched alkanes of at least 4 members (excludes halogenated alkanes) is 1. The number of carboxylic acid groups (broad SMARTS) is 1. The minimum absolute atomic E-state index is 0.0834. The van der Waals surface area contributed by atoms with Gasteiger partial charge in [0.05, 0.1) is 5.69 Å². The molecule has 0 aliphatic carbocycles. The summed E-state index contributed by atoms with van der Waals surface area (Å²) in [5.41, 5.74) is 1.62. The van der Waals surface area contributed by atoms with Crippen LogP contribution in [0.25, 0.3) is 0 Å². The monoisotopic (exact) mass is 327 g/mol. The Morgan fingerprint density at radius 3 is 2.46 bits per heavy atom. The average molecular weight is 327 g/mol. The van der Waals surface area contributed by atoms with Crippen molar-refractivity contribution >= 4 is 17.6 Å². The first kappa shape index (κ1) is 17.5. The van der Waals surface area contributed by atoms with Crippen molar-refractivity contribution in [3.8, 4) is 11.5 Å². The van der Waals surface area contributed by atoms with Crippen LogP contribution in [-0.2, 0) is 9.59 Å². The fourth-order valence-electron chi connectivity index (χ4n) is 2.22. The van der Waals surface area contributed by atoms with Crippen molar-refractivity contribution in [2.75, 3.05) is 5.32 Å². The maximum absolute atomic E-state index is 12.1. The Morgan fingerprint density at radius 2 is 1.75 bits per heavy atom. The molecule has 1 amide bonds. The molecular weight excluding hydrogens is 306 g/mol. The predicted molar refractivity (Wildman–Crippen MR) is 92.4 cm³/mol. The van der Waals surface area contributed by atoms with Gasteiger partial charge in [-0.15, -0.1) is 0 Å². The van der Waals surface area contributed by atoms with E-state index in [9.17, 15) is 9.59 Å². The van der Waals surface area contributed by atoms with Gasteiger partial charge in [-0.1, -0.05) is 24.3 Å². The predicted octanol–water partition coefficient (Wildman–Crippen LogP) is 4.37. The molecule has 2 rings (SSSR count). The minimum Gasteiger partial charge on any atom is -0.481 e. The molecule has 0 aromatic heterocycles. The number of ether oxygens (including phenoxy) is 1. The highest BCUT2D eigenvalue weighted by Crippen LogP contribution is 2.30. The van der Waals surface area contributed by atoms with Crippen LogP contribution in [0.1, 0.15) is 31.2 Å². The zero-order chi connectivity index (χ0) is 17.4. The summed E-state index contributed by atoms with van der Waals surface area (Å²) in [5, 5.41) is 11.5. The van der Waals surface area contributed by atoms with Crippen molar-refractivity contribution in [3.05, 3.63) is 54.1 Å². The molecule has 0 saturated carbocycles. The molecule has 0 fully saturated rings. The quantitative estimate of drug-likeness (QED) is 0.706. The maximum Gasteiger partial charge on any atom is 0.303 e. The Morgan fingerprint density at radius 1 is 1.04 bits per heavy atom. The third-order valence-corrected chi connectivity index (χ3v) is 3.42. The van der Waals surface area contributed by atoms with Gasteiger partial charge in [-0.25, -0.2) is 0 Å². The van der Waals surface area contributed by atoms with Gasteiger partial charge in [-0.2, -0.15) is 0 Å². The zero-order valence-corrected chi connectivity index (χ0v) is 13.6. The van der Waals surface area contributed by atoms with Gasteiger partial charge >= 0.3 is 5.97 Å². The molecule has 5 heteroatoms. The van der Waals surface area contributed by atoms with Crippen molar-refractivity contribution in [1.82, 2.24) is 0 Å². The smallest absolute Gasteiger partial charge is 0.303 e. The topological polar surface area (TPSA) is 75.6 Å². The summed E-state index contributed by atoms with van der Waals surface area (Å²) in [5.74, 6) is 0.278. The number of para-hydroxylation sites is 1. The van der Waals surface area contributed by atoms with Crippen molar-refractivity contribution in [3.63, 3.8) is 0 Å². The van der Waals surface area contributed by atoms with Gasteiger partial charge in [-0.3, -0.25) is 9.59 Å². The maximum atomic E-state index is 12.1. The van der Waals surface area contributed by atoms with E-state index in [0.29, 0.717) is 30.0 Å². The highest BCUT2D eigenvalue weighted by atomic mass is 16.5. The summed E-state index contributed by atoms with van der Waals surface area (Å²) in [4.78, 5) is 22.5. The second-order valence-corrected chi connectivity index (χ2v) is 5.56. The van der Waals surface area contributed by atoms with Crippen LogP contribution in [0.3, 0.4) is 0 Å². The van der Waals surface area contributed by atoms with E-state index >= 15 is 0 Å². The zero-order valence-electron chi connectivity index (χ0n) is 13.6. The number of rotatable bonds is 8. The van der Waals surface area contributed by atoms with E-state index in [2.05, 4.69) is 5.32 Å². The second-order valence-electron chi connectivity index (χ2n) is 5.56. The molecule has 2 aromatic carbocycles. The summed E-state index contributed by atoms with van der Waals surface area (Å²) >= 11 is 0. The highest BCUT2D eigenvalue weighted by molar-refractivity contribution is 5.92. The van der Waals surface area contributed by atoms with Gasteiger partial charge in [0.25, 0.3) is 0 Å². The average Bonchev–Trinajstić information content (AvgIpc) is 2.55. The number of carboxylic acids is 1. The van der Waals surface area contributed by atoms with Gasteiger partial charge < -0.3 is 15.2 Å². The van der Waals surface area contributed by atoms with E-state index in [0.717, 1.165) is 5.56 Å². The summed E-state index contributed by atoms with van der Waals surface area (Å²) in [6.07, 6.45) is 1.40. The second kappa shape index (κ2) is 8.72. The number of carbonyl (C=O) groups is 2. The van der Waals surface area contributed by atoms with Crippen LogP contribution in [0, 0.1) is 6.92 Å². The molecule has 24 heavy (non-hydrogen) atoms. The fourth-order valence-corrected chi connectivity index (χ4v) is 2.22. The number of amides is 1. The van der Waals surface area contributed by atoms with Crippen molar-refractivity contribution in [1.29, 1.82) is 0 Å². The molecule has 0 radical (unpaired) electrons. The molecule has 5 nitrogen and oxygen atoms in total. The lowest BCUT2D eigenvalue weighted by Gasteiger charge is -2.13. The normalized spacial score (nSPS) is 10.2. The number of nitrogens with one attached hydrogen (secondary N) is 1. The molecule has 0 unspecified atom stereocenters. The standard InChI is InChI=1S/C19H21NO4/c1-14-11-12-17(24-15-7-3-2-4-8-15)16(13-14)20-18(21)9-5-6-10-19(22)23/h2-4,7-8,11-13H,5-6,9-10H2,1H3,(H,20,21)(H,22,23). The molecule has 0 aliphatic rings. The molecule has 0 bridgehead atoms.